The highest BCUT2D eigenvalue weighted by Gasteiger charge is 2.94. The minimum absolute atomic E-state index is 0.274. The van der Waals surface area contributed by atoms with Gasteiger partial charge in [0, 0.05) is 24.3 Å². The lowest BCUT2D eigenvalue weighted by Gasteiger charge is -2.44. The smallest absolute Gasteiger partial charge is 0.269 e. The number of halogens is 14. The van der Waals surface area contributed by atoms with Crippen molar-refractivity contribution in [2.45, 2.75) is 41.7 Å². The molecule has 35 heavy (non-hydrogen) atoms. The standard InChI is InChI=1S/C15H4F14N2O4/c16-9(17,10(18,19)12(22,23)14(26,27)30-5(32)1-2-6(30)33)11(20,21)13(24,25)15(28,29)31-7(34)3-4-8(31)35/h1-4H. The number of carbonyl (C=O) groups excluding carboxylic acids is 4. The van der Waals surface area contributed by atoms with Crippen LogP contribution in [0.25, 0.3) is 0 Å². The number of hydrogen-bond acceptors (Lipinski definition) is 4. The Kier molecular flexibility index (Phi) is 5.92. The maximum Gasteiger partial charge on any atom is 0.404 e. The molecular weight excluding hydrogens is 538 g/mol. The summed E-state index contributed by atoms with van der Waals surface area (Å²) in [7, 11) is 0. The van der Waals surface area contributed by atoms with Crippen LogP contribution in [-0.2, 0) is 19.2 Å². The predicted molar refractivity (Wildman–Crippen MR) is 76.6 cm³/mol. The quantitative estimate of drug-likeness (QED) is 0.269. The van der Waals surface area contributed by atoms with Gasteiger partial charge < -0.3 is 0 Å². The molecule has 0 bridgehead atoms. The van der Waals surface area contributed by atoms with Gasteiger partial charge in [0.15, 0.2) is 0 Å². The molecule has 0 saturated heterocycles. The van der Waals surface area contributed by atoms with Gasteiger partial charge in [0.05, 0.1) is 0 Å². The molecule has 0 unspecified atom stereocenters. The van der Waals surface area contributed by atoms with E-state index >= 15 is 0 Å². The number of alkyl halides is 14. The summed E-state index contributed by atoms with van der Waals surface area (Å²) in [5.74, 6) is -51.6. The van der Waals surface area contributed by atoms with Crippen molar-refractivity contribution in [2.75, 3.05) is 0 Å². The topological polar surface area (TPSA) is 74.8 Å². The van der Waals surface area contributed by atoms with Crippen molar-refractivity contribution in [3.05, 3.63) is 24.3 Å². The van der Waals surface area contributed by atoms with Gasteiger partial charge in [-0.3, -0.25) is 19.2 Å². The Balaban J connectivity index is 2.62. The van der Waals surface area contributed by atoms with E-state index in [4.69, 9.17) is 0 Å². The van der Waals surface area contributed by atoms with Crippen molar-refractivity contribution in [1.29, 1.82) is 0 Å². The zero-order valence-electron chi connectivity index (χ0n) is 15.6. The Labute approximate surface area is 181 Å². The normalized spacial score (nSPS) is 19.0. The van der Waals surface area contributed by atoms with E-state index in [0.717, 1.165) is 0 Å². The summed E-state index contributed by atoms with van der Waals surface area (Å²) in [4.78, 5) is 40.1. The maximum atomic E-state index is 13.9. The minimum Gasteiger partial charge on any atom is -0.269 e. The summed E-state index contributed by atoms with van der Waals surface area (Å²) >= 11 is 0. The van der Waals surface area contributed by atoms with E-state index in [1.54, 1.807) is 0 Å². The van der Waals surface area contributed by atoms with E-state index in [1.165, 1.54) is 0 Å². The number of rotatable bonds is 8. The average molecular weight is 542 g/mol. The Morgan fingerprint density at radius 2 is 0.543 bits per heavy atom. The van der Waals surface area contributed by atoms with Crippen LogP contribution in [0.5, 0.6) is 0 Å². The first-order valence-corrected chi connectivity index (χ1v) is 8.13. The van der Waals surface area contributed by atoms with E-state index in [9.17, 15) is 80.6 Å². The minimum atomic E-state index is -8.53. The second-order valence-electron chi connectivity index (χ2n) is 6.64. The van der Waals surface area contributed by atoms with Crippen LogP contribution >= 0.6 is 0 Å². The number of imide groups is 2. The van der Waals surface area contributed by atoms with Crippen molar-refractivity contribution in [3.63, 3.8) is 0 Å². The van der Waals surface area contributed by atoms with E-state index in [1.807, 2.05) is 0 Å². The highest BCUT2D eigenvalue weighted by Crippen LogP contribution is 2.63. The Bertz CT molecular complexity index is 932. The first-order valence-electron chi connectivity index (χ1n) is 8.13. The summed E-state index contributed by atoms with van der Waals surface area (Å²) in [6.45, 7) is 0. The van der Waals surface area contributed by atoms with Gasteiger partial charge in [0.25, 0.3) is 23.6 Å². The Hall–Kier alpha value is -3.22. The monoisotopic (exact) mass is 542 g/mol. The third kappa shape index (κ3) is 3.23. The van der Waals surface area contributed by atoms with Crippen molar-refractivity contribution >= 4 is 23.6 Å². The zero-order chi connectivity index (χ0) is 27.8. The van der Waals surface area contributed by atoms with Gasteiger partial charge >= 0.3 is 41.7 Å². The molecular formula is C15H4F14N2O4. The molecule has 6 nitrogen and oxygen atoms in total. The Morgan fingerprint density at radius 3 is 0.743 bits per heavy atom. The predicted octanol–water partition coefficient (Wildman–Crippen LogP) is 3.20. The molecule has 2 heterocycles. The highest BCUT2D eigenvalue weighted by molar-refractivity contribution is 6.14. The van der Waals surface area contributed by atoms with E-state index in [-0.39, 0.29) is 24.3 Å². The number of hydrogen-bond donors (Lipinski definition) is 0. The highest BCUT2D eigenvalue weighted by atomic mass is 19.4. The molecule has 0 radical (unpaired) electrons. The molecule has 0 aromatic carbocycles. The molecule has 2 rings (SSSR count). The largest absolute Gasteiger partial charge is 0.404 e. The molecule has 0 aromatic heterocycles. The van der Waals surface area contributed by atoms with Crippen molar-refractivity contribution in [2.24, 2.45) is 0 Å². The lowest BCUT2D eigenvalue weighted by Crippen LogP contribution is -2.76. The number of amides is 4. The maximum absolute atomic E-state index is 13.9. The second-order valence-corrected chi connectivity index (χ2v) is 6.64. The van der Waals surface area contributed by atoms with Gasteiger partial charge in [-0.25, -0.2) is 9.80 Å². The fourth-order valence-electron chi connectivity index (χ4n) is 2.60. The van der Waals surface area contributed by atoms with Gasteiger partial charge in [-0.2, -0.15) is 61.5 Å². The van der Waals surface area contributed by atoms with Crippen LogP contribution in [-0.4, -0.2) is 75.1 Å². The van der Waals surface area contributed by atoms with Gasteiger partial charge in [0.2, 0.25) is 0 Å². The summed E-state index contributed by atoms with van der Waals surface area (Å²) < 4.78 is 194. The molecule has 2 aliphatic rings. The van der Waals surface area contributed by atoms with Gasteiger partial charge in [0.1, 0.15) is 0 Å². The summed E-state index contributed by atoms with van der Waals surface area (Å²) in [6.07, 6.45) is -1.10. The summed E-state index contributed by atoms with van der Waals surface area (Å²) in [5, 5.41) is 0. The van der Waals surface area contributed by atoms with E-state index in [2.05, 4.69) is 0 Å². The molecule has 196 valence electrons. The number of carbonyl (C=O) groups is 4. The molecule has 0 fully saturated rings. The van der Waals surface area contributed by atoms with Crippen LogP contribution in [0.1, 0.15) is 0 Å². The van der Waals surface area contributed by atoms with Gasteiger partial charge in [-0.1, -0.05) is 0 Å². The fourth-order valence-corrected chi connectivity index (χ4v) is 2.60. The summed E-state index contributed by atoms with van der Waals surface area (Å²) in [6, 6.07) is -14.2. The SMILES string of the molecule is O=C1C=CC(=O)N1C(F)(F)C(F)(F)C(F)(F)C(F)(F)C(F)(F)C(F)(F)C(F)(F)N1C(=O)C=CC1=O. The third-order valence-corrected chi connectivity index (χ3v) is 4.51. The van der Waals surface area contributed by atoms with Crippen LogP contribution in [0.4, 0.5) is 61.5 Å². The zero-order valence-corrected chi connectivity index (χ0v) is 15.6. The van der Waals surface area contributed by atoms with Crippen LogP contribution < -0.4 is 0 Å². The molecule has 4 amide bonds. The van der Waals surface area contributed by atoms with Crippen molar-refractivity contribution < 1.29 is 80.6 Å². The molecule has 20 heteroatoms. The van der Waals surface area contributed by atoms with E-state index in [0.29, 0.717) is 0 Å². The van der Waals surface area contributed by atoms with Gasteiger partial charge in [-0.05, 0) is 0 Å². The second kappa shape index (κ2) is 7.39. The summed E-state index contributed by atoms with van der Waals surface area (Å²) in [5.41, 5.74) is 0. The molecule has 0 N–H and O–H groups in total. The first kappa shape index (κ1) is 28.0. The van der Waals surface area contributed by atoms with Crippen LogP contribution in [0.2, 0.25) is 0 Å². The third-order valence-electron chi connectivity index (χ3n) is 4.51. The Morgan fingerprint density at radius 1 is 0.371 bits per heavy atom. The van der Waals surface area contributed by atoms with Crippen LogP contribution in [0, 0.1) is 0 Å². The molecule has 2 aliphatic heterocycles. The van der Waals surface area contributed by atoms with Gasteiger partial charge in [-0.15, -0.1) is 0 Å². The molecule has 0 aromatic rings. The van der Waals surface area contributed by atoms with Crippen LogP contribution in [0.15, 0.2) is 24.3 Å². The fraction of sp³-hybridized carbons (Fsp3) is 0.467. The lowest BCUT2D eigenvalue weighted by atomic mass is 9.91. The molecule has 0 spiro atoms. The molecule has 0 atom stereocenters. The molecule has 0 saturated carbocycles. The van der Waals surface area contributed by atoms with Crippen molar-refractivity contribution in [1.82, 2.24) is 9.80 Å². The van der Waals surface area contributed by atoms with Crippen LogP contribution in [0.3, 0.4) is 0 Å². The average Bonchev–Trinajstić information content (AvgIpc) is 3.21. The number of nitrogens with zero attached hydrogens (tertiary/aromatic N) is 2. The van der Waals surface area contributed by atoms with Crippen molar-refractivity contribution in [3.8, 4) is 0 Å². The lowest BCUT2D eigenvalue weighted by molar-refractivity contribution is -0.453. The first-order chi connectivity index (χ1) is 15.4. The van der Waals surface area contributed by atoms with E-state index < -0.39 is 75.1 Å². The molecule has 0 aliphatic carbocycles.